The van der Waals surface area contributed by atoms with Crippen molar-refractivity contribution in [3.63, 3.8) is 0 Å². The summed E-state index contributed by atoms with van der Waals surface area (Å²) in [5, 5.41) is 17.8. The topological polar surface area (TPSA) is 111 Å². The van der Waals surface area contributed by atoms with Gasteiger partial charge in [-0.05, 0) is 35.7 Å². The number of nitrogens with one attached hydrogen (secondary N) is 1. The van der Waals surface area contributed by atoms with E-state index in [4.69, 9.17) is 0 Å². The van der Waals surface area contributed by atoms with Gasteiger partial charge in [-0.1, -0.05) is 36.4 Å². The van der Waals surface area contributed by atoms with Gasteiger partial charge in [0.2, 0.25) is 0 Å². The third-order valence-corrected chi connectivity index (χ3v) is 4.29. The number of carboxylic acids is 1. The third-order valence-electron chi connectivity index (χ3n) is 4.29. The number of hydrazone groups is 1. The Morgan fingerprint density at radius 2 is 1.79 bits per heavy atom. The molecule has 2 aromatic rings. The van der Waals surface area contributed by atoms with Gasteiger partial charge in [-0.3, -0.25) is 4.79 Å². The van der Waals surface area contributed by atoms with E-state index in [1.165, 1.54) is 61.7 Å². The van der Waals surface area contributed by atoms with Crippen LogP contribution in [0.3, 0.4) is 0 Å². The number of urea groups is 1. The molecule has 0 unspecified atom stereocenters. The van der Waals surface area contributed by atoms with E-state index in [0.29, 0.717) is 16.1 Å². The SMILES string of the molecule is C[C@]1(c2ccc(OC(F)F)cc2)NC(=O)N(/N=C\c2ccc(C(=O)[O-])cc2)C1=O. The average molecular weight is 402 g/mol. The fourth-order valence-electron chi connectivity index (χ4n) is 2.72. The maximum Gasteiger partial charge on any atom is 0.387 e. The van der Waals surface area contributed by atoms with Crippen LogP contribution in [0.5, 0.6) is 5.75 Å². The van der Waals surface area contributed by atoms with Crippen molar-refractivity contribution in [1.82, 2.24) is 10.3 Å². The first-order valence-electron chi connectivity index (χ1n) is 8.28. The zero-order valence-electron chi connectivity index (χ0n) is 15.0. The summed E-state index contributed by atoms with van der Waals surface area (Å²) in [6.45, 7) is -1.52. The minimum atomic E-state index is -2.98. The van der Waals surface area contributed by atoms with Gasteiger partial charge in [0.1, 0.15) is 11.3 Å². The van der Waals surface area contributed by atoms with Crippen molar-refractivity contribution < 1.29 is 33.0 Å². The maximum atomic E-state index is 12.8. The van der Waals surface area contributed by atoms with Crippen molar-refractivity contribution in [2.45, 2.75) is 19.1 Å². The fourth-order valence-corrected chi connectivity index (χ4v) is 2.72. The number of carboxylic acid groups (broad SMARTS) is 1. The predicted octanol–water partition coefficient (Wildman–Crippen LogP) is 1.45. The molecule has 1 aliphatic rings. The van der Waals surface area contributed by atoms with Crippen molar-refractivity contribution in [2.75, 3.05) is 0 Å². The monoisotopic (exact) mass is 402 g/mol. The second-order valence-electron chi connectivity index (χ2n) is 6.23. The highest BCUT2D eigenvalue weighted by Gasteiger charge is 2.49. The van der Waals surface area contributed by atoms with Crippen LogP contribution >= 0.6 is 0 Å². The molecule has 1 N–H and O–H groups in total. The molecule has 150 valence electrons. The van der Waals surface area contributed by atoms with E-state index in [1.54, 1.807) is 0 Å². The number of amides is 3. The van der Waals surface area contributed by atoms with E-state index in [0.717, 1.165) is 0 Å². The highest BCUT2D eigenvalue weighted by molar-refractivity contribution is 6.07. The molecule has 1 fully saturated rings. The van der Waals surface area contributed by atoms with E-state index in [2.05, 4.69) is 15.2 Å². The number of halogens is 2. The number of ether oxygens (including phenoxy) is 1. The van der Waals surface area contributed by atoms with Crippen LogP contribution in [-0.4, -0.2) is 35.7 Å². The van der Waals surface area contributed by atoms with Crippen molar-refractivity contribution >= 4 is 24.1 Å². The van der Waals surface area contributed by atoms with Crippen LogP contribution in [0.1, 0.15) is 28.4 Å². The Hall–Kier alpha value is -3.82. The molecule has 2 aromatic carbocycles. The molecule has 0 aromatic heterocycles. The number of nitrogens with zero attached hydrogens (tertiary/aromatic N) is 2. The second-order valence-corrected chi connectivity index (χ2v) is 6.23. The summed E-state index contributed by atoms with van der Waals surface area (Å²) >= 11 is 0. The molecular formula is C19H14F2N3O5-. The summed E-state index contributed by atoms with van der Waals surface area (Å²) in [6.07, 6.45) is 1.22. The first kappa shape index (κ1) is 19.9. The lowest BCUT2D eigenvalue weighted by atomic mass is 9.92. The summed E-state index contributed by atoms with van der Waals surface area (Å²) in [4.78, 5) is 35.7. The first-order chi connectivity index (χ1) is 13.7. The molecule has 1 saturated heterocycles. The Kier molecular flexibility index (Phi) is 5.26. The highest BCUT2D eigenvalue weighted by atomic mass is 19.3. The number of rotatable bonds is 6. The van der Waals surface area contributed by atoms with Gasteiger partial charge in [0.05, 0.1) is 12.2 Å². The number of imide groups is 1. The molecule has 10 heteroatoms. The largest absolute Gasteiger partial charge is 0.545 e. The maximum absolute atomic E-state index is 12.8. The van der Waals surface area contributed by atoms with Crippen LogP contribution < -0.4 is 15.2 Å². The lowest BCUT2D eigenvalue weighted by Gasteiger charge is -2.21. The summed E-state index contributed by atoms with van der Waals surface area (Å²) in [5.74, 6) is -2.09. The van der Waals surface area contributed by atoms with Crippen LogP contribution in [0.25, 0.3) is 0 Å². The molecule has 0 radical (unpaired) electrons. The van der Waals surface area contributed by atoms with Gasteiger partial charge in [-0.25, -0.2) is 4.79 Å². The molecule has 0 spiro atoms. The highest BCUT2D eigenvalue weighted by Crippen LogP contribution is 2.30. The Morgan fingerprint density at radius 3 is 2.34 bits per heavy atom. The lowest BCUT2D eigenvalue weighted by molar-refractivity contribution is -0.255. The van der Waals surface area contributed by atoms with Gasteiger partial charge in [0.25, 0.3) is 5.91 Å². The quantitative estimate of drug-likeness (QED) is 0.581. The Morgan fingerprint density at radius 1 is 1.17 bits per heavy atom. The molecule has 0 saturated carbocycles. The number of hydrogen-bond acceptors (Lipinski definition) is 6. The molecule has 3 amide bonds. The number of carbonyl (C=O) groups excluding carboxylic acids is 3. The zero-order valence-corrected chi connectivity index (χ0v) is 15.0. The Bertz CT molecular complexity index is 976. The van der Waals surface area contributed by atoms with Crippen LogP contribution in [0, 0.1) is 0 Å². The minimum Gasteiger partial charge on any atom is -0.545 e. The van der Waals surface area contributed by atoms with Crippen molar-refractivity contribution in [2.24, 2.45) is 5.10 Å². The first-order valence-corrected chi connectivity index (χ1v) is 8.28. The number of hydrogen-bond donors (Lipinski definition) is 1. The molecule has 3 rings (SSSR count). The molecule has 1 atom stereocenters. The van der Waals surface area contributed by atoms with E-state index < -0.39 is 30.1 Å². The number of carbonyl (C=O) groups is 3. The van der Waals surface area contributed by atoms with E-state index in [9.17, 15) is 28.3 Å². The molecule has 29 heavy (non-hydrogen) atoms. The smallest absolute Gasteiger partial charge is 0.387 e. The van der Waals surface area contributed by atoms with Gasteiger partial charge in [0.15, 0.2) is 0 Å². The summed E-state index contributed by atoms with van der Waals surface area (Å²) in [5.41, 5.74) is -0.661. The summed E-state index contributed by atoms with van der Waals surface area (Å²) in [6, 6.07) is 10.0. The molecule has 1 aliphatic heterocycles. The summed E-state index contributed by atoms with van der Waals surface area (Å²) < 4.78 is 28.8. The Balaban J connectivity index is 1.78. The average Bonchev–Trinajstić information content (AvgIpc) is 2.90. The van der Waals surface area contributed by atoms with Crippen LogP contribution in [0.2, 0.25) is 0 Å². The molecule has 0 aliphatic carbocycles. The fraction of sp³-hybridized carbons (Fsp3) is 0.158. The van der Waals surface area contributed by atoms with E-state index in [-0.39, 0.29) is 11.3 Å². The predicted molar refractivity (Wildman–Crippen MR) is 94.2 cm³/mol. The standard InChI is InChI=1S/C19H15F2N3O5/c1-19(13-6-8-14(9-7-13)29-17(20)21)16(27)24(18(28)23-19)22-10-11-2-4-12(5-3-11)15(25)26/h2-10,17H,1H3,(H,23,28)(H,25,26)/p-1/b22-10-/t19-/m1/s1. The van der Waals surface area contributed by atoms with Gasteiger partial charge >= 0.3 is 12.6 Å². The zero-order chi connectivity index (χ0) is 21.2. The normalized spacial score (nSPS) is 19.1. The van der Waals surface area contributed by atoms with E-state index in [1.807, 2.05) is 0 Å². The van der Waals surface area contributed by atoms with Gasteiger partial charge < -0.3 is 20.0 Å². The van der Waals surface area contributed by atoms with Crippen LogP contribution in [-0.2, 0) is 10.3 Å². The minimum absolute atomic E-state index is 0.0241. The molecule has 1 heterocycles. The second kappa shape index (κ2) is 7.66. The van der Waals surface area contributed by atoms with E-state index >= 15 is 0 Å². The molecule has 0 bridgehead atoms. The summed E-state index contributed by atoms with van der Waals surface area (Å²) in [7, 11) is 0. The van der Waals surface area contributed by atoms with Gasteiger partial charge in [-0.15, -0.1) is 5.01 Å². The van der Waals surface area contributed by atoms with Crippen LogP contribution in [0.4, 0.5) is 13.6 Å². The third kappa shape index (κ3) is 4.05. The van der Waals surface area contributed by atoms with Crippen molar-refractivity contribution in [3.8, 4) is 5.75 Å². The molecule has 8 nitrogen and oxygen atoms in total. The van der Waals surface area contributed by atoms with Gasteiger partial charge in [-0.2, -0.15) is 13.9 Å². The van der Waals surface area contributed by atoms with Gasteiger partial charge in [0, 0.05) is 0 Å². The number of benzene rings is 2. The molecular weight excluding hydrogens is 388 g/mol. The lowest BCUT2D eigenvalue weighted by Crippen LogP contribution is -2.40. The number of alkyl halides is 2. The number of aromatic carboxylic acids is 1. The Labute approximate surface area is 163 Å². The van der Waals surface area contributed by atoms with Crippen molar-refractivity contribution in [1.29, 1.82) is 0 Å². The van der Waals surface area contributed by atoms with Crippen molar-refractivity contribution in [3.05, 3.63) is 65.2 Å². The van der Waals surface area contributed by atoms with Crippen LogP contribution in [0.15, 0.2) is 53.6 Å².